The standard InChI is InChI=1S/C11H13ClN2O5S/c1-8-6-9(12)10(14(15)16)7-11(8)20(17,18)13-2-4-19-5-3-13/h6-7H,2-5H2,1H3. The van der Waals surface area contributed by atoms with E-state index in [1.165, 1.54) is 10.4 Å². The van der Waals surface area contributed by atoms with Gasteiger partial charge in [-0.2, -0.15) is 4.31 Å². The second kappa shape index (κ2) is 5.65. The fourth-order valence-electron chi connectivity index (χ4n) is 1.99. The lowest BCUT2D eigenvalue weighted by Crippen LogP contribution is -2.40. The second-order valence-corrected chi connectivity index (χ2v) is 6.66. The number of nitro groups is 1. The molecule has 7 nitrogen and oxygen atoms in total. The minimum Gasteiger partial charge on any atom is -0.379 e. The van der Waals surface area contributed by atoms with E-state index in [4.69, 9.17) is 16.3 Å². The smallest absolute Gasteiger partial charge is 0.289 e. The van der Waals surface area contributed by atoms with Gasteiger partial charge < -0.3 is 4.74 Å². The van der Waals surface area contributed by atoms with E-state index in [0.717, 1.165) is 6.07 Å². The van der Waals surface area contributed by atoms with Crippen LogP contribution in [-0.2, 0) is 14.8 Å². The lowest BCUT2D eigenvalue weighted by molar-refractivity contribution is -0.384. The minimum absolute atomic E-state index is 0.0755. The van der Waals surface area contributed by atoms with Gasteiger partial charge in [-0.25, -0.2) is 8.42 Å². The van der Waals surface area contributed by atoms with Crippen LogP contribution in [0.3, 0.4) is 0 Å². The second-order valence-electron chi connectivity index (χ2n) is 4.34. The summed E-state index contributed by atoms with van der Waals surface area (Å²) in [5.41, 5.74) is -0.0313. The van der Waals surface area contributed by atoms with E-state index in [-0.39, 0.29) is 23.0 Å². The molecule has 1 aliphatic heterocycles. The van der Waals surface area contributed by atoms with E-state index in [1.807, 2.05) is 0 Å². The zero-order chi connectivity index (χ0) is 14.9. The van der Waals surface area contributed by atoms with Crippen molar-refractivity contribution in [1.29, 1.82) is 0 Å². The van der Waals surface area contributed by atoms with Crippen LogP contribution in [0.25, 0.3) is 0 Å². The number of hydrogen-bond acceptors (Lipinski definition) is 5. The molecule has 0 saturated carbocycles. The van der Waals surface area contributed by atoms with Crippen molar-refractivity contribution in [3.05, 3.63) is 32.8 Å². The summed E-state index contributed by atoms with van der Waals surface area (Å²) in [4.78, 5) is 10.1. The monoisotopic (exact) mass is 320 g/mol. The molecule has 1 saturated heterocycles. The fourth-order valence-corrected chi connectivity index (χ4v) is 3.91. The molecule has 1 aromatic rings. The van der Waals surface area contributed by atoms with E-state index in [9.17, 15) is 18.5 Å². The highest BCUT2D eigenvalue weighted by Gasteiger charge is 2.30. The Morgan fingerprint density at radius 3 is 2.50 bits per heavy atom. The molecule has 0 spiro atoms. The van der Waals surface area contributed by atoms with Crippen LogP contribution in [0.15, 0.2) is 17.0 Å². The number of nitrogens with zero attached hydrogens (tertiary/aromatic N) is 2. The van der Waals surface area contributed by atoms with Gasteiger partial charge in [0.2, 0.25) is 10.0 Å². The third-order valence-corrected chi connectivity index (χ3v) is 5.37. The molecule has 9 heteroatoms. The van der Waals surface area contributed by atoms with E-state index in [1.54, 1.807) is 6.92 Å². The van der Waals surface area contributed by atoms with Crippen LogP contribution in [0.4, 0.5) is 5.69 Å². The predicted molar refractivity (Wildman–Crippen MR) is 72.4 cm³/mol. The molecule has 1 fully saturated rings. The molecule has 20 heavy (non-hydrogen) atoms. The first-order valence-corrected chi connectivity index (χ1v) is 7.68. The number of ether oxygens (including phenoxy) is 1. The van der Waals surface area contributed by atoms with Gasteiger partial charge >= 0.3 is 0 Å². The lowest BCUT2D eigenvalue weighted by atomic mass is 10.2. The molecule has 0 unspecified atom stereocenters. The summed E-state index contributed by atoms with van der Waals surface area (Å²) in [6.07, 6.45) is 0. The topological polar surface area (TPSA) is 89.8 Å². The van der Waals surface area contributed by atoms with Crippen LogP contribution < -0.4 is 0 Å². The maximum atomic E-state index is 12.5. The third kappa shape index (κ3) is 2.78. The maximum Gasteiger partial charge on any atom is 0.289 e. The van der Waals surface area contributed by atoms with Crippen LogP contribution in [0.1, 0.15) is 5.56 Å². The molecule has 0 aliphatic carbocycles. The number of benzene rings is 1. The van der Waals surface area contributed by atoms with Crippen molar-refractivity contribution in [2.45, 2.75) is 11.8 Å². The molecule has 1 heterocycles. The largest absolute Gasteiger partial charge is 0.379 e. The van der Waals surface area contributed by atoms with Crippen LogP contribution in [0, 0.1) is 17.0 Å². The molecule has 2 rings (SSSR count). The van der Waals surface area contributed by atoms with Gasteiger partial charge in [0, 0.05) is 19.2 Å². The highest BCUT2D eigenvalue weighted by atomic mass is 35.5. The molecule has 0 N–H and O–H groups in total. The summed E-state index contributed by atoms with van der Waals surface area (Å²) in [7, 11) is -3.78. The number of sulfonamides is 1. The highest BCUT2D eigenvalue weighted by molar-refractivity contribution is 7.89. The van der Waals surface area contributed by atoms with Crippen LogP contribution >= 0.6 is 11.6 Å². The van der Waals surface area contributed by atoms with E-state index < -0.39 is 20.6 Å². The minimum atomic E-state index is -3.78. The van der Waals surface area contributed by atoms with Gasteiger partial charge in [-0.3, -0.25) is 10.1 Å². The van der Waals surface area contributed by atoms with Crippen molar-refractivity contribution in [3.8, 4) is 0 Å². The molecule has 0 atom stereocenters. The Morgan fingerprint density at radius 1 is 1.35 bits per heavy atom. The molecule has 1 aromatic carbocycles. The van der Waals surface area contributed by atoms with Gasteiger partial charge in [0.1, 0.15) is 5.02 Å². The van der Waals surface area contributed by atoms with Crippen LogP contribution in [0.5, 0.6) is 0 Å². The van der Waals surface area contributed by atoms with Gasteiger partial charge in [-0.05, 0) is 18.6 Å². The van der Waals surface area contributed by atoms with Crippen molar-refractivity contribution >= 4 is 27.3 Å². The van der Waals surface area contributed by atoms with Gasteiger partial charge in [0.25, 0.3) is 5.69 Å². The summed E-state index contributed by atoms with van der Waals surface area (Å²) in [6, 6.07) is 2.31. The lowest BCUT2D eigenvalue weighted by Gasteiger charge is -2.26. The Kier molecular flexibility index (Phi) is 4.28. The Labute approximate surface area is 121 Å². The average Bonchev–Trinajstić information content (AvgIpc) is 2.39. The quantitative estimate of drug-likeness (QED) is 0.623. The molecular formula is C11H13ClN2O5S. The molecular weight excluding hydrogens is 308 g/mol. The summed E-state index contributed by atoms with van der Waals surface area (Å²) in [5, 5.41) is 10.8. The number of hydrogen-bond donors (Lipinski definition) is 0. The summed E-state index contributed by atoms with van der Waals surface area (Å²) in [6.45, 7) is 2.65. The van der Waals surface area contributed by atoms with E-state index in [2.05, 4.69) is 0 Å². The Bertz CT molecular complexity index is 640. The number of rotatable bonds is 3. The van der Waals surface area contributed by atoms with Crippen LogP contribution in [0.2, 0.25) is 5.02 Å². The summed E-state index contributed by atoms with van der Waals surface area (Å²) in [5.74, 6) is 0. The van der Waals surface area contributed by atoms with E-state index >= 15 is 0 Å². The molecule has 0 amide bonds. The van der Waals surface area contributed by atoms with Gasteiger partial charge in [-0.1, -0.05) is 11.6 Å². The van der Waals surface area contributed by atoms with E-state index in [0.29, 0.717) is 18.8 Å². The number of aryl methyl sites for hydroxylation is 1. The van der Waals surface area contributed by atoms with Crippen molar-refractivity contribution in [1.82, 2.24) is 4.31 Å². The summed E-state index contributed by atoms with van der Waals surface area (Å²) < 4.78 is 31.4. The van der Waals surface area contributed by atoms with Crippen molar-refractivity contribution in [2.75, 3.05) is 26.3 Å². The first-order valence-electron chi connectivity index (χ1n) is 5.86. The number of halogens is 1. The Balaban J connectivity index is 2.50. The molecule has 110 valence electrons. The number of morpholine rings is 1. The molecule has 0 bridgehead atoms. The van der Waals surface area contributed by atoms with Crippen molar-refractivity contribution in [2.24, 2.45) is 0 Å². The Hall–Kier alpha value is -1.22. The van der Waals surface area contributed by atoms with Crippen LogP contribution in [-0.4, -0.2) is 43.9 Å². The first-order chi connectivity index (χ1) is 9.34. The predicted octanol–water partition coefficient (Wildman–Crippen LogP) is 1.58. The van der Waals surface area contributed by atoms with Crippen molar-refractivity contribution < 1.29 is 18.1 Å². The molecule has 0 aromatic heterocycles. The highest BCUT2D eigenvalue weighted by Crippen LogP contribution is 2.31. The Morgan fingerprint density at radius 2 is 1.95 bits per heavy atom. The normalized spacial score (nSPS) is 17.1. The first kappa shape index (κ1) is 15.2. The molecule has 1 aliphatic rings. The van der Waals surface area contributed by atoms with Gasteiger partial charge in [0.05, 0.1) is 23.0 Å². The third-order valence-electron chi connectivity index (χ3n) is 3.03. The fraction of sp³-hybridized carbons (Fsp3) is 0.455. The average molecular weight is 321 g/mol. The maximum absolute atomic E-state index is 12.5. The van der Waals surface area contributed by atoms with Gasteiger partial charge in [-0.15, -0.1) is 0 Å². The zero-order valence-corrected chi connectivity index (χ0v) is 12.3. The number of nitro benzene ring substituents is 1. The SMILES string of the molecule is Cc1cc(Cl)c([N+](=O)[O-])cc1S(=O)(=O)N1CCOCC1. The van der Waals surface area contributed by atoms with Crippen molar-refractivity contribution in [3.63, 3.8) is 0 Å². The van der Waals surface area contributed by atoms with Gasteiger partial charge in [0.15, 0.2) is 0 Å². The molecule has 0 radical (unpaired) electrons. The zero-order valence-electron chi connectivity index (χ0n) is 10.7. The summed E-state index contributed by atoms with van der Waals surface area (Å²) >= 11 is 5.76.